The molecule has 1 fully saturated rings. The van der Waals surface area contributed by atoms with E-state index >= 15 is 0 Å². The summed E-state index contributed by atoms with van der Waals surface area (Å²) < 4.78 is 5.19. The van der Waals surface area contributed by atoms with Crippen LogP contribution in [0.15, 0.2) is 60.7 Å². The molecule has 3 heteroatoms. The summed E-state index contributed by atoms with van der Waals surface area (Å²) in [6.07, 6.45) is 5.10. The van der Waals surface area contributed by atoms with Crippen LogP contribution in [0.2, 0.25) is 0 Å². The van der Waals surface area contributed by atoms with Crippen molar-refractivity contribution in [2.75, 3.05) is 6.61 Å². The lowest BCUT2D eigenvalue weighted by atomic mass is 9.78. The molecule has 156 valence electrons. The van der Waals surface area contributed by atoms with Crippen LogP contribution in [0.4, 0.5) is 0 Å². The molecule has 0 atom stereocenters. The zero-order valence-electron chi connectivity index (χ0n) is 17.9. The van der Waals surface area contributed by atoms with Gasteiger partial charge in [-0.25, -0.2) is 0 Å². The maximum Gasteiger partial charge on any atom is 0.308 e. The van der Waals surface area contributed by atoms with Gasteiger partial charge >= 0.3 is 5.97 Å². The molecule has 1 heterocycles. The van der Waals surface area contributed by atoms with E-state index < -0.39 is 0 Å². The molecule has 0 N–H and O–H groups in total. The van der Waals surface area contributed by atoms with Crippen molar-refractivity contribution >= 4 is 17.3 Å². The van der Waals surface area contributed by atoms with Crippen molar-refractivity contribution < 1.29 is 9.53 Å². The number of benzene rings is 2. The molecule has 30 heavy (non-hydrogen) atoms. The van der Waals surface area contributed by atoms with E-state index in [0.717, 1.165) is 32.1 Å². The van der Waals surface area contributed by atoms with Gasteiger partial charge in [-0.3, -0.25) is 4.79 Å². The Kier molecular flexibility index (Phi) is 6.69. The van der Waals surface area contributed by atoms with E-state index in [-0.39, 0.29) is 11.9 Å². The van der Waals surface area contributed by atoms with Crippen LogP contribution in [0, 0.1) is 5.92 Å². The third kappa shape index (κ3) is 4.67. The largest absolute Gasteiger partial charge is 0.466 e. The lowest BCUT2D eigenvalue weighted by Crippen LogP contribution is -2.23. The third-order valence-corrected chi connectivity index (χ3v) is 7.45. The molecule has 0 unspecified atom stereocenters. The average molecular weight is 419 g/mol. The molecular formula is C27H30O2S. The van der Waals surface area contributed by atoms with Crippen molar-refractivity contribution in [3.63, 3.8) is 0 Å². The number of carbonyl (C=O) groups is 1. The van der Waals surface area contributed by atoms with Crippen LogP contribution in [0.5, 0.6) is 0 Å². The Bertz CT molecular complexity index is 961. The summed E-state index contributed by atoms with van der Waals surface area (Å²) in [5, 5.41) is 0. The quantitative estimate of drug-likeness (QED) is 0.388. The molecule has 0 aliphatic heterocycles. The highest BCUT2D eigenvalue weighted by Gasteiger charge is 2.27. The predicted octanol–water partition coefficient (Wildman–Crippen LogP) is 7.48. The Morgan fingerprint density at radius 1 is 0.833 bits per heavy atom. The van der Waals surface area contributed by atoms with Gasteiger partial charge in [-0.1, -0.05) is 55.5 Å². The first kappa shape index (κ1) is 20.9. The summed E-state index contributed by atoms with van der Waals surface area (Å²) in [5.41, 5.74) is 5.34. The van der Waals surface area contributed by atoms with Crippen LogP contribution in [-0.4, -0.2) is 12.6 Å². The Hall–Kier alpha value is -2.39. The second-order valence-electron chi connectivity index (χ2n) is 8.14. The van der Waals surface area contributed by atoms with E-state index in [4.69, 9.17) is 4.74 Å². The first-order valence-corrected chi connectivity index (χ1v) is 12.0. The Morgan fingerprint density at radius 2 is 1.40 bits per heavy atom. The number of hydrogen-bond donors (Lipinski definition) is 0. The number of hydrogen-bond acceptors (Lipinski definition) is 3. The summed E-state index contributed by atoms with van der Waals surface area (Å²) >= 11 is 1.85. The van der Waals surface area contributed by atoms with E-state index in [1.54, 1.807) is 0 Å². The second-order valence-corrected chi connectivity index (χ2v) is 9.22. The van der Waals surface area contributed by atoms with Crippen LogP contribution in [0.25, 0.3) is 20.9 Å². The second kappa shape index (κ2) is 9.61. The Labute approximate surface area is 183 Å². The molecule has 2 aromatic carbocycles. The highest BCUT2D eigenvalue weighted by molar-refractivity contribution is 7.18. The normalized spacial score (nSPS) is 18.9. The Morgan fingerprint density at radius 3 is 1.93 bits per heavy atom. The monoisotopic (exact) mass is 418 g/mol. The van der Waals surface area contributed by atoms with Crippen LogP contribution < -0.4 is 0 Å². The lowest BCUT2D eigenvalue weighted by Gasteiger charge is -2.27. The fourth-order valence-corrected chi connectivity index (χ4v) is 5.41. The smallest absolute Gasteiger partial charge is 0.308 e. The molecule has 1 saturated carbocycles. The molecule has 0 saturated heterocycles. The summed E-state index contributed by atoms with van der Waals surface area (Å²) in [6, 6.07) is 22.4. The van der Waals surface area contributed by atoms with E-state index in [1.165, 1.54) is 32.0 Å². The molecule has 0 amide bonds. The number of rotatable bonds is 6. The minimum Gasteiger partial charge on any atom is -0.466 e. The molecule has 0 spiro atoms. The molecule has 0 bridgehead atoms. The van der Waals surface area contributed by atoms with Gasteiger partial charge in [0.25, 0.3) is 0 Å². The number of thiophene rings is 1. The van der Waals surface area contributed by atoms with Crippen molar-refractivity contribution in [1.29, 1.82) is 0 Å². The summed E-state index contributed by atoms with van der Waals surface area (Å²) in [6.45, 7) is 4.55. The third-order valence-electron chi connectivity index (χ3n) is 6.27. The van der Waals surface area contributed by atoms with Crippen molar-refractivity contribution in [2.24, 2.45) is 5.92 Å². The topological polar surface area (TPSA) is 26.3 Å². The maximum absolute atomic E-state index is 12.0. The maximum atomic E-state index is 12.0. The summed E-state index contributed by atoms with van der Waals surface area (Å²) in [7, 11) is 0. The van der Waals surface area contributed by atoms with Gasteiger partial charge in [-0.05, 0) is 79.3 Å². The van der Waals surface area contributed by atoms with Crippen molar-refractivity contribution in [3.05, 3.63) is 71.8 Å². The molecule has 2 nitrogen and oxygen atoms in total. The molecule has 1 aliphatic rings. The standard InChI is InChI=1S/C27H30O2S/c1-3-19-5-7-22(8-6-19)25-17-18-26(30-25)23-13-9-20(10-14-23)21-11-15-24(16-12-21)27(28)29-4-2/h5-10,13-14,17-18,21,24H,3-4,11-12,15-16H2,1-2H3. The number of ether oxygens (including phenoxy) is 1. The first-order chi connectivity index (χ1) is 14.7. The minimum absolute atomic E-state index is 0.0101. The first-order valence-electron chi connectivity index (χ1n) is 11.1. The van der Waals surface area contributed by atoms with Gasteiger partial charge < -0.3 is 4.74 Å². The van der Waals surface area contributed by atoms with E-state index in [9.17, 15) is 4.79 Å². The molecule has 1 aliphatic carbocycles. The van der Waals surface area contributed by atoms with Gasteiger partial charge in [0.15, 0.2) is 0 Å². The van der Waals surface area contributed by atoms with Crippen LogP contribution in [0.3, 0.4) is 0 Å². The van der Waals surface area contributed by atoms with Gasteiger partial charge in [0, 0.05) is 9.75 Å². The van der Waals surface area contributed by atoms with Crippen molar-refractivity contribution in [1.82, 2.24) is 0 Å². The molecular weight excluding hydrogens is 388 g/mol. The van der Waals surface area contributed by atoms with Gasteiger partial charge in [0.2, 0.25) is 0 Å². The van der Waals surface area contributed by atoms with E-state index in [1.807, 2.05) is 18.3 Å². The van der Waals surface area contributed by atoms with Crippen LogP contribution >= 0.6 is 11.3 Å². The average Bonchev–Trinajstić information content (AvgIpc) is 3.30. The van der Waals surface area contributed by atoms with Crippen molar-refractivity contribution in [2.45, 2.75) is 51.9 Å². The van der Waals surface area contributed by atoms with Crippen molar-refractivity contribution in [3.8, 4) is 20.9 Å². The fourth-order valence-electron chi connectivity index (χ4n) is 4.40. The van der Waals surface area contributed by atoms with Crippen LogP contribution in [-0.2, 0) is 16.0 Å². The zero-order chi connectivity index (χ0) is 20.9. The van der Waals surface area contributed by atoms with Gasteiger partial charge in [0.1, 0.15) is 0 Å². The minimum atomic E-state index is -0.0101. The number of aryl methyl sites for hydroxylation is 1. The lowest BCUT2D eigenvalue weighted by molar-refractivity contribution is -0.149. The molecule has 0 radical (unpaired) electrons. The Balaban J connectivity index is 1.41. The molecule has 4 rings (SSSR count). The van der Waals surface area contributed by atoms with Crippen LogP contribution in [0.1, 0.15) is 56.6 Å². The highest BCUT2D eigenvalue weighted by atomic mass is 32.1. The molecule has 1 aromatic heterocycles. The number of esters is 1. The summed E-state index contributed by atoms with van der Waals surface area (Å²) in [4.78, 5) is 14.6. The summed E-state index contributed by atoms with van der Waals surface area (Å²) in [5.74, 6) is 0.640. The predicted molar refractivity (Wildman–Crippen MR) is 126 cm³/mol. The fraction of sp³-hybridized carbons (Fsp3) is 0.370. The van der Waals surface area contributed by atoms with E-state index in [0.29, 0.717) is 12.5 Å². The van der Waals surface area contributed by atoms with Gasteiger partial charge in [0.05, 0.1) is 12.5 Å². The van der Waals surface area contributed by atoms with Gasteiger partial charge in [-0.2, -0.15) is 0 Å². The SMILES string of the molecule is CCOC(=O)C1CCC(c2ccc(-c3ccc(-c4ccc(CC)cc4)s3)cc2)CC1. The van der Waals surface area contributed by atoms with Gasteiger partial charge in [-0.15, -0.1) is 11.3 Å². The number of carbonyl (C=O) groups excluding carboxylic acids is 1. The highest BCUT2D eigenvalue weighted by Crippen LogP contribution is 2.38. The van der Waals surface area contributed by atoms with E-state index in [2.05, 4.69) is 67.6 Å². The zero-order valence-corrected chi connectivity index (χ0v) is 18.7. The molecule has 3 aromatic rings.